The fourth-order valence-corrected chi connectivity index (χ4v) is 3.96. The lowest BCUT2D eigenvalue weighted by Gasteiger charge is -2.14. The van der Waals surface area contributed by atoms with Crippen molar-refractivity contribution < 1.29 is 18.3 Å². The van der Waals surface area contributed by atoms with Gasteiger partial charge in [-0.3, -0.25) is 15.1 Å². The molecule has 0 saturated heterocycles. The van der Waals surface area contributed by atoms with Gasteiger partial charge in [0.1, 0.15) is 17.1 Å². The van der Waals surface area contributed by atoms with Crippen LogP contribution in [0.2, 0.25) is 0 Å². The zero-order valence-electron chi connectivity index (χ0n) is 20.0. The van der Waals surface area contributed by atoms with Gasteiger partial charge in [0.05, 0.1) is 31.7 Å². The molecule has 0 atom stereocenters. The number of amides is 1. The number of ether oxygens (including phenoxy) is 1. The summed E-state index contributed by atoms with van der Waals surface area (Å²) >= 11 is 1.14. The van der Waals surface area contributed by atoms with E-state index >= 15 is 0 Å². The molecule has 0 spiro atoms. The number of hydrogen-bond acceptors (Lipinski definition) is 8. The molecule has 0 aliphatic heterocycles. The third-order valence-electron chi connectivity index (χ3n) is 5.41. The summed E-state index contributed by atoms with van der Waals surface area (Å²) in [6.45, 7) is 0.371. The number of halogens is 2. The molecule has 1 N–H and O–H groups in total. The van der Waals surface area contributed by atoms with E-state index < -0.39 is 18.0 Å². The maximum absolute atomic E-state index is 13.5. The minimum atomic E-state index is -2.82. The van der Waals surface area contributed by atoms with Crippen LogP contribution in [-0.2, 0) is 6.54 Å². The van der Waals surface area contributed by atoms with Gasteiger partial charge in [0.25, 0.3) is 12.3 Å². The maximum Gasteiger partial charge on any atom is 0.280 e. The van der Waals surface area contributed by atoms with Crippen molar-refractivity contribution in [1.82, 2.24) is 29.7 Å². The van der Waals surface area contributed by atoms with Crippen molar-refractivity contribution in [3.05, 3.63) is 65.2 Å². The van der Waals surface area contributed by atoms with Crippen LogP contribution in [0.25, 0.3) is 11.1 Å². The van der Waals surface area contributed by atoms with Crippen molar-refractivity contribution in [2.75, 3.05) is 12.4 Å². The van der Waals surface area contributed by atoms with E-state index in [0.29, 0.717) is 28.7 Å². The van der Waals surface area contributed by atoms with E-state index in [2.05, 4.69) is 54.1 Å². The number of carbonyl (C=O) groups excluding carboxylic acids is 1. The monoisotopic (exact) mass is 531 g/mol. The van der Waals surface area contributed by atoms with Crippen molar-refractivity contribution in [2.24, 2.45) is 5.92 Å². The van der Waals surface area contributed by atoms with Gasteiger partial charge in [-0.15, -0.1) is 10.2 Å². The Labute approximate surface area is 220 Å². The number of nitrogens with zero attached hydrogens (tertiary/aromatic N) is 6. The average Bonchev–Trinajstić information content (AvgIpc) is 3.40. The van der Waals surface area contributed by atoms with Crippen LogP contribution < -0.4 is 10.1 Å². The van der Waals surface area contributed by atoms with Gasteiger partial charge in [-0.25, -0.2) is 18.7 Å². The maximum atomic E-state index is 13.5. The third-order valence-corrected chi connectivity index (χ3v) is 6.17. The molecule has 0 aromatic carbocycles. The summed E-state index contributed by atoms with van der Waals surface area (Å²) in [6.07, 6.45) is 6.92. The molecule has 4 aromatic heterocycles. The molecule has 1 aliphatic carbocycles. The number of carbonyl (C=O) groups is 1. The zero-order chi connectivity index (χ0) is 26.5. The summed E-state index contributed by atoms with van der Waals surface area (Å²) in [5.41, 5.74) is 0.526. The molecule has 12 heteroatoms. The van der Waals surface area contributed by atoms with Crippen LogP contribution in [0.3, 0.4) is 0 Å². The van der Waals surface area contributed by atoms with Crippen LogP contribution in [0, 0.1) is 29.6 Å². The predicted molar refractivity (Wildman–Crippen MR) is 136 cm³/mol. The number of pyridine rings is 2. The topological polar surface area (TPSA) is 108 Å². The molecule has 1 amide bonds. The van der Waals surface area contributed by atoms with Gasteiger partial charge < -0.3 is 9.30 Å². The lowest BCUT2D eigenvalue weighted by atomic mass is 9.99. The van der Waals surface area contributed by atoms with Crippen molar-refractivity contribution >= 4 is 22.4 Å². The zero-order valence-corrected chi connectivity index (χ0v) is 20.8. The van der Waals surface area contributed by atoms with Gasteiger partial charge >= 0.3 is 0 Å². The minimum Gasteiger partial charge on any atom is -0.494 e. The summed E-state index contributed by atoms with van der Waals surface area (Å²) in [5.74, 6) is 12.0. The Kier molecular flexibility index (Phi) is 7.33. The second-order valence-electron chi connectivity index (χ2n) is 8.17. The van der Waals surface area contributed by atoms with Gasteiger partial charge in [0, 0.05) is 35.6 Å². The van der Waals surface area contributed by atoms with E-state index in [1.807, 2.05) is 0 Å². The van der Waals surface area contributed by atoms with Gasteiger partial charge in [0.2, 0.25) is 5.13 Å². The number of alkyl halides is 2. The molecule has 0 bridgehead atoms. The predicted octanol–water partition coefficient (Wildman–Crippen LogP) is 4.20. The average molecular weight is 532 g/mol. The van der Waals surface area contributed by atoms with Crippen molar-refractivity contribution in [3.63, 3.8) is 0 Å². The largest absolute Gasteiger partial charge is 0.494 e. The Morgan fingerprint density at radius 3 is 2.82 bits per heavy atom. The van der Waals surface area contributed by atoms with Crippen LogP contribution in [0.15, 0.2) is 43.2 Å². The van der Waals surface area contributed by atoms with E-state index in [1.165, 1.54) is 25.6 Å². The summed E-state index contributed by atoms with van der Waals surface area (Å²) in [4.78, 5) is 25.3. The van der Waals surface area contributed by atoms with Crippen molar-refractivity contribution in [2.45, 2.75) is 25.8 Å². The Balaban J connectivity index is 1.49. The second-order valence-corrected chi connectivity index (χ2v) is 9.15. The van der Waals surface area contributed by atoms with Crippen LogP contribution in [-0.4, -0.2) is 42.7 Å². The van der Waals surface area contributed by atoms with Crippen molar-refractivity contribution in [3.8, 4) is 40.6 Å². The van der Waals surface area contributed by atoms with Crippen LogP contribution >= 0.6 is 11.3 Å². The number of anilines is 1. The first kappa shape index (κ1) is 25.0. The Morgan fingerprint density at radius 2 is 2.08 bits per heavy atom. The highest BCUT2D eigenvalue weighted by Crippen LogP contribution is 2.35. The molecular formula is C26H19F2N7O2S. The van der Waals surface area contributed by atoms with Gasteiger partial charge in [-0.1, -0.05) is 23.2 Å². The summed E-state index contributed by atoms with van der Waals surface area (Å²) in [5, 5.41) is 11.4. The fourth-order valence-electron chi connectivity index (χ4n) is 3.36. The smallest absolute Gasteiger partial charge is 0.280 e. The number of nitrogens with one attached hydrogen (secondary N) is 1. The molecule has 190 valence electrons. The molecule has 9 nitrogen and oxygen atoms in total. The van der Waals surface area contributed by atoms with Gasteiger partial charge in [-0.05, 0) is 36.8 Å². The van der Waals surface area contributed by atoms with E-state index in [9.17, 15) is 13.6 Å². The first-order valence-corrected chi connectivity index (χ1v) is 12.3. The Hall–Kier alpha value is -4.68. The molecule has 0 radical (unpaired) electrons. The number of rotatable bonds is 6. The van der Waals surface area contributed by atoms with E-state index in [1.54, 1.807) is 29.4 Å². The minimum absolute atomic E-state index is 0.107. The Morgan fingerprint density at radius 1 is 1.21 bits per heavy atom. The summed E-state index contributed by atoms with van der Waals surface area (Å²) < 4.78 is 34.1. The number of aromatic nitrogens is 6. The highest BCUT2D eigenvalue weighted by atomic mass is 32.1. The first-order chi connectivity index (χ1) is 18.5. The molecule has 38 heavy (non-hydrogen) atoms. The lowest BCUT2D eigenvalue weighted by molar-refractivity contribution is 0.102. The third kappa shape index (κ3) is 5.99. The summed E-state index contributed by atoms with van der Waals surface area (Å²) in [7, 11) is 1.39. The molecular weight excluding hydrogens is 512 g/mol. The van der Waals surface area contributed by atoms with Crippen LogP contribution in [0.4, 0.5) is 13.9 Å². The summed E-state index contributed by atoms with van der Waals surface area (Å²) in [6, 6.07) is 2.74. The van der Waals surface area contributed by atoms with Crippen molar-refractivity contribution in [1.29, 1.82) is 0 Å². The SMILES string of the molecule is COc1cnc(C(F)F)cc1-c1cc(C#CCn2ccnc2)ncc1C(=O)Nc1nnc(C#CC2CC2)s1. The molecule has 1 aliphatic rings. The molecule has 5 rings (SSSR count). The fraction of sp³-hybridized carbons (Fsp3) is 0.231. The Bertz CT molecular complexity index is 1590. The highest BCUT2D eigenvalue weighted by Gasteiger charge is 2.22. The number of methoxy groups -OCH3 is 1. The standard InChI is InChI=1S/C26H19F2N7O2S/c1-37-22-14-31-21(24(27)28)12-19(22)18-11-17(3-2-9-35-10-8-29-15-35)30-13-20(18)25(36)32-26-34-33-23(38-26)7-6-16-4-5-16/h8,10-16,24H,4-5,9H2,1H3,(H,32,34,36). The molecule has 4 heterocycles. The highest BCUT2D eigenvalue weighted by molar-refractivity contribution is 7.15. The normalized spacial score (nSPS) is 12.3. The van der Waals surface area contributed by atoms with E-state index in [4.69, 9.17) is 4.74 Å². The van der Waals surface area contributed by atoms with E-state index in [0.717, 1.165) is 24.2 Å². The quantitative estimate of drug-likeness (QED) is 0.372. The molecule has 1 fully saturated rings. The second kappa shape index (κ2) is 11.2. The van der Waals surface area contributed by atoms with Crippen LogP contribution in [0.5, 0.6) is 5.75 Å². The number of imidazole rings is 1. The molecule has 4 aromatic rings. The van der Waals surface area contributed by atoms with E-state index in [-0.39, 0.29) is 22.0 Å². The molecule has 1 saturated carbocycles. The lowest BCUT2D eigenvalue weighted by Crippen LogP contribution is -2.14. The van der Waals surface area contributed by atoms with Gasteiger partial charge in [0.15, 0.2) is 5.01 Å². The first-order valence-electron chi connectivity index (χ1n) is 11.4. The van der Waals surface area contributed by atoms with Crippen LogP contribution in [0.1, 0.15) is 46.0 Å². The molecule has 0 unspecified atom stereocenters. The number of hydrogen-bond donors (Lipinski definition) is 1. The van der Waals surface area contributed by atoms with Gasteiger partial charge in [-0.2, -0.15) is 0 Å².